The average molecular weight is 412 g/mol. The molecule has 0 aliphatic carbocycles. The number of nitrogens with one attached hydrogen (secondary N) is 1. The monoisotopic (exact) mass is 411 g/mol. The van der Waals surface area contributed by atoms with Crippen molar-refractivity contribution in [1.29, 1.82) is 0 Å². The minimum absolute atomic E-state index is 0.0507. The second-order valence-corrected chi connectivity index (χ2v) is 7.67. The summed E-state index contributed by atoms with van der Waals surface area (Å²) in [5, 5.41) is 2.86. The van der Waals surface area contributed by atoms with Crippen LogP contribution in [0.3, 0.4) is 0 Å². The third kappa shape index (κ3) is 4.02. The predicted octanol–water partition coefficient (Wildman–Crippen LogP) is 4.88. The summed E-state index contributed by atoms with van der Waals surface area (Å²) in [7, 11) is 0. The van der Waals surface area contributed by atoms with Crippen molar-refractivity contribution < 1.29 is 14.3 Å². The third-order valence-corrected chi connectivity index (χ3v) is 5.94. The van der Waals surface area contributed by atoms with Crippen LogP contribution in [0, 0.1) is 0 Å². The standard InChI is InChI=1S/C27H25NO3/c1-2-27(22-16-10-5-11-17-22)23(21-14-8-4-9-15-21)18-24(31-26(27)30)25(29)28-19-20-12-6-3-7-13-20/h3-18,23H,2,19H2,1H3,(H,28,29)/t23-,27+/m1/s1. The summed E-state index contributed by atoms with van der Waals surface area (Å²) in [6.45, 7) is 2.35. The van der Waals surface area contributed by atoms with Gasteiger partial charge in [0.2, 0.25) is 0 Å². The molecule has 1 aliphatic rings. The molecule has 0 radical (unpaired) electrons. The lowest BCUT2D eigenvalue weighted by atomic mass is 9.64. The Labute approximate surface area is 182 Å². The number of amides is 1. The van der Waals surface area contributed by atoms with Crippen LogP contribution in [0.25, 0.3) is 0 Å². The van der Waals surface area contributed by atoms with Gasteiger partial charge in [-0.05, 0) is 29.2 Å². The van der Waals surface area contributed by atoms with E-state index < -0.39 is 17.3 Å². The van der Waals surface area contributed by atoms with Gasteiger partial charge in [0.15, 0.2) is 5.76 Å². The molecule has 0 unspecified atom stereocenters. The van der Waals surface area contributed by atoms with Gasteiger partial charge in [0, 0.05) is 12.5 Å². The number of allylic oxidation sites excluding steroid dienone is 1. The summed E-state index contributed by atoms with van der Waals surface area (Å²) in [5.74, 6) is -1.06. The Morgan fingerprint density at radius 1 is 0.903 bits per heavy atom. The van der Waals surface area contributed by atoms with Crippen molar-refractivity contribution >= 4 is 11.9 Å². The second-order valence-electron chi connectivity index (χ2n) is 7.67. The molecule has 4 rings (SSSR count). The van der Waals surface area contributed by atoms with Crippen LogP contribution in [-0.4, -0.2) is 11.9 Å². The third-order valence-electron chi connectivity index (χ3n) is 5.94. The van der Waals surface area contributed by atoms with Gasteiger partial charge >= 0.3 is 5.97 Å². The summed E-state index contributed by atoms with van der Waals surface area (Å²) in [6.07, 6.45) is 2.35. The summed E-state index contributed by atoms with van der Waals surface area (Å²) in [5.41, 5.74) is 1.94. The van der Waals surface area contributed by atoms with E-state index in [0.29, 0.717) is 13.0 Å². The van der Waals surface area contributed by atoms with E-state index in [1.807, 2.05) is 97.9 Å². The molecule has 4 heteroatoms. The van der Waals surface area contributed by atoms with Gasteiger partial charge in [0.1, 0.15) is 5.41 Å². The maximum Gasteiger partial charge on any atom is 0.323 e. The van der Waals surface area contributed by atoms with Crippen LogP contribution in [-0.2, 0) is 26.3 Å². The number of cyclic esters (lactones) is 1. The quantitative estimate of drug-likeness (QED) is 0.589. The van der Waals surface area contributed by atoms with Crippen molar-refractivity contribution in [3.8, 4) is 0 Å². The summed E-state index contributed by atoms with van der Waals surface area (Å²) >= 11 is 0. The summed E-state index contributed by atoms with van der Waals surface area (Å²) < 4.78 is 5.66. The molecule has 0 fully saturated rings. The molecule has 0 spiro atoms. The van der Waals surface area contributed by atoms with E-state index in [1.54, 1.807) is 6.08 Å². The van der Waals surface area contributed by atoms with Crippen LogP contribution in [0.4, 0.5) is 0 Å². The first-order valence-corrected chi connectivity index (χ1v) is 10.5. The Hall–Kier alpha value is -3.66. The molecule has 1 amide bonds. The number of benzene rings is 3. The van der Waals surface area contributed by atoms with Crippen LogP contribution in [0.1, 0.15) is 36.0 Å². The lowest BCUT2D eigenvalue weighted by Crippen LogP contribution is -2.46. The zero-order valence-electron chi connectivity index (χ0n) is 17.5. The highest BCUT2D eigenvalue weighted by Crippen LogP contribution is 2.47. The van der Waals surface area contributed by atoms with Crippen molar-refractivity contribution in [2.24, 2.45) is 0 Å². The second kappa shape index (κ2) is 9.00. The molecule has 156 valence electrons. The van der Waals surface area contributed by atoms with Gasteiger partial charge in [-0.1, -0.05) is 97.9 Å². The molecular weight excluding hydrogens is 386 g/mol. The molecule has 2 atom stereocenters. The topological polar surface area (TPSA) is 55.4 Å². The van der Waals surface area contributed by atoms with Gasteiger partial charge in [0.25, 0.3) is 5.91 Å². The Morgan fingerprint density at radius 2 is 1.48 bits per heavy atom. The fraction of sp³-hybridized carbons (Fsp3) is 0.185. The van der Waals surface area contributed by atoms with Crippen LogP contribution < -0.4 is 5.32 Å². The first-order chi connectivity index (χ1) is 15.1. The van der Waals surface area contributed by atoms with Crippen LogP contribution in [0.5, 0.6) is 0 Å². The average Bonchev–Trinajstić information content (AvgIpc) is 2.84. The minimum atomic E-state index is -0.897. The highest BCUT2D eigenvalue weighted by Gasteiger charge is 2.50. The summed E-state index contributed by atoms with van der Waals surface area (Å²) in [4.78, 5) is 26.4. The Kier molecular flexibility index (Phi) is 5.99. The SMILES string of the molecule is CC[C@@]1(c2ccccc2)C(=O)OC(C(=O)NCc2ccccc2)=C[C@@H]1c1ccccc1. The number of esters is 1. The van der Waals surface area contributed by atoms with Crippen molar-refractivity contribution in [1.82, 2.24) is 5.32 Å². The summed E-state index contributed by atoms with van der Waals surface area (Å²) in [6, 6.07) is 29.1. The molecule has 3 aromatic rings. The largest absolute Gasteiger partial charge is 0.420 e. The Morgan fingerprint density at radius 3 is 2.10 bits per heavy atom. The molecule has 3 aromatic carbocycles. The molecular formula is C27H25NO3. The van der Waals surface area contributed by atoms with Gasteiger partial charge in [-0.3, -0.25) is 9.59 Å². The molecule has 4 nitrogen and oxygen atoms in total. The highest BCUT2D eigenvalue weighted by molar-refractivity contribution is 5.98. The van der Waals surface area contributed by atoms with Crippen molar-refractivity contribution in [3.05, 3.63) is 120 Å². The number of hydrogen-bond acceptors (Lipinski definition) is 3. The van der Waals surface area contributed by atoms with E-state index in [4.69, 9.17) is 4.74 Å². The molecule has 1 aliphatic heterocycles. The van der Waals surface area contributed by atoms with E-state index in [2.05, 4.69) is 5.32 Å². The van der Waals surface area contributed by atoms with Gasteiger partial charge in [-0.15, -0.1) is 0 Å². The maximum absolute atomic E-state index is 13.5. The van der Waals surface area contributed by atoms with E-state index in [1.165, 1.54) is 0 Å². The van der Waals surface area contributed by atoms with E-state index >= 15 is 0 Å². The molecule has 0 bridgehead atoms. The lowest BCUT2D eigenvalue weighted by molar-refractivity contribution is -0.151. The molecule has 31 heavy (non-hydrogen) atoms. The molecule has 0 saturated heterocycles. The van der Waals surface area contributed by atoms with Gasteiger partial charge < -0.3 is 10.1 Å². The van der Waals surface area contributed by atoms with Crippen LogP contribution in [0.15, 0.2) is 103 Å². The zero-order chi connectivity index (χ0) is 21.7. The van der Waals surface area contributed by atoms with Crippen molar-refractivity contribution in [3.63, 3.8) is 0 Å². The predicted molar refractivity (Wildman–Crippen MR) is 120 cm³/mol. The first kappa shape index (κ1) is 20.6. The Bertz CT molecular complexity index is 1080. The fourth-order valence-electron chi connectivity index (χ4n) is 4.28. The Balaban J connectivity index is 1.72. The number of rotatable bonds is 6. The normalized spacial score (nSPS) is 20.5. The van der Waals surface area contributed by atoms with E-state index in [0.717, 1.165) is 16.7 Å². The number of hydrogen-bond donors (Lipinski definition) is 1. The van der Waals surface area contributed by atoms with Gasteiger partial charge in [0.05, 0.1) is 0 Å². The van der Waals surface area contributed by atoms with Crippen molar-refractivity contribution in [2.45, 2.75) is 31.2 Å². The van der Waals surface area contributed by atoms with E-state index in [-0.39, 0.29) is 11.7 Å². The van der Waals surface area contributed by atoms with Gasteiger partial charge in [-0.2, -0.15) is 0 Å². The fourth-order valence-corrected chi connectivity index (χ4v) is 4.28. The number of ether oxygens (including phenoxy) is 1. The highest BCUT2D eigenvalue weighted by atomic mass is 16.5. The van der Waals surface area contributed by atoms with Crippen molar-refractivity contribution in [2.75, 3.05) is 0 Å². The number of carbonyl (C=O) groups is 2. The minimum Gasteiger partial charge on any atom is -0.420 e. The zero-order valence-corrected chi connectivity index (χ0v) is 17.5. The molecule has 1 heterocycles. The van der Waals surface area contributed by atoms with Crippen LogP contribution >= 0.6 is 0 Å². The maximum atomic E-state index is 13.5. The molecule has 0 saturated carbocycles. The first-order valence-electron chi connectivity index (χ1n) is 10.5. The molecule has 1 N–H and O–H groups in total. The lowest BCUT2D eigenvalue weighted by Gasteiger charge is -2.40. The van der Waals surface area contributed by atoms with Gasteiger partial charge in [-0.25, -0.2) is 0 Å². The number of carbonyl (C=O) groups excluding carboxylic acids is 2. The smallest absolute Gasteiger partial charge is 0.323 e. The van der Waals surface area contributed by atoms with Crippen LogP contribution in [0.2, 0.25) is 0 Å². The van der Waals surface area contributed by atoms with E-state index in [9.17, 15) is 9.59 Å². The molecule has 0 aromatic heterocycles.